The first-order valence-electron chi connectivity index (χ1n) is 7.81. The minimum absolute atomic E-state index is 0.694. The zero-order valence-corrected chi connectivity index (χ0v) is 12.2. The van der Waals surface area contributed by atoms with Crippen LogP contribution in [-0.2, 0) is 0 Å². The normalized spacial score (nSPS) is 26.1. The fourth-order valence-corrected chi connectivity index (χ4v) is 3.20. The van der Waals surface area contributed by atoms with Gasteiger partial charge in [0, 0.05) is 31.4 Å². The summed E-state index contributed by atoms with van der Waals surface area (Å²) >= 11 is 0. The Morgan fingerprint density at radius 2 is 2.40 bits per heavy atom. The number of fused-ring (bicyclic) bond motifs is 1. The smallest absolute Gasteiger partial charge is 0.228 e. The van der Waals surface area contributed by atoms with E-state index in [9.17, 15) is 0 Å². The molecule has 2 atom stereocenters. The molecule has 1 aromatic heterocycles. The van der Waals surface area contributed by atoms with E-state index in [2.05, 4.69) is 27.1 Å². The zero-order valence-electron chi connectivity index (χ0n) is 12.2. The van der Waals surface area contributed by atoms with Crippen LogP contribution in [-0.4, -0.2) is 42.3 Å². The van der Waals surface area contributed by atoms with E-state index in [-0.39, 0.29) is 0 Å². The quantitative estimate of drug-likeness (QED) is 0.909. The summed E-state index contributed by atoms with van der Waals surface area (Å²) in [6, 6.07) is 2.54. The van der Waals surface area contributed by atoms with Crippen molar-refractivity contribution >= 4 is 5.95 Å². The van der Waals surface area contributed by atoms with Gasteiger partial charge in [0.05, 0.1) is 6.61 Å². The number of anilines is 1. The molecular formula is C15H24N4O. The van der Waals surface area contributed by atoms with Gasteiger partial charge in [-0.3, -0.25) is 0 Å². The van der Waals surface area contributed by atoms with Crippen molar-refractivity contribution in [1.82, 2.24) is 15.3 Å². The van der Waals surface area contributed by atoms with Gasteiger partial charge >= 0.3 is 0 Å². The molecule has 3 heterocycles. The summed E-state index contributed by atoms with van der Waals surface area (Å²) in [7, 11) is 0. The maximum Gasteiger partial charge on any atom is 0.228 e. The SMILES string of the molecule is CCCOc1ccnc(N2CCC3NCCCC3C2)n1. The number of hydrogen-bond donors (Lipinski definition) is 1. The number of piperidine rings is 2. The number of ether oxygens (including phenoxy) is 1. The molecule has 2 aliphatic rings. The highest BCUT2D eigenvalue weighted by atomic mass is 16.5. The molecule has 0 aromatic carbocycles. The molecule has 0 saturated carbocycles. The van der Waals surface area contributed by atoms with Crippen LogP contribution in [0, 0.1) is 5.92 Å². The minimum Gasteiger partial charge on any atom is -0.478 e. The van der Waals surface area contributed by atoms with Crippen LogP contribution in [0.2, 0.25) is 0 Å². The van der Waals surface area contributed by atoms with Gasteiger partial charge in [-0.15, -0.1) is 0 Å². The molecule has 0 bridgehead atoms. The van der Waals surface area contributed by atoms with Crippen molar-refractivity contribution in [3.63, 3.8) is 0 Å². The van der Waals surface area contributed by atoms with Crippen LogP contribution >= 0.6 is 0 Å². The Bertz CT molecular complexity index is 440. The average Bonchev–Trinajstić information content (AvgIpc) is 2.53. The van der Waals surface area contributed by atoms with Gasteiger partial charge in [0.15, 0.2) is 0 Å². The number of nitrogens with one attached hydrogen (secondary N) is 1. The Kier molecular flexibility index (Phi) is 4.35. The lowest BCUT2D eigenvalue weighted by Crippen LogP contribution is -2.52. The van der Waals surface area contributed by atoms with Crippen molar-refractivity contribution in [1.29, 1.82) is 0 Å². The fraction of sp³-hybridized carbons (Fsp3) is 0.733. The molecule has 3 rings (SSSR count). The van der Waals surface area contributed by atoms with Gasteiger partial charge in [-0.05, 0) is 38.1 Å². The lowest BCUT2D eigenvalue weighted by atomic mass is 9.85. The van der Waals surface area contributed by atoms with Crippen LogP contribution in [0.1, 0.15) is 32.6 Å². The third kappa shape index (κ3) is 3.03. The third-order valence-corrected chi connectivity index (χ3v) is 4.25. The Morgan fingerprint density at radius 1 is 1.45 bits per heavy atom. The lowest BCUT2D eigenvalue weighted by molar-refractivity contribution is 0.242. The molecule has 0 radical (unpaired) electrons. The summed E-state index contributed by atoms with van der Waals surface area (Å²) in [4.78, 5) is 11.3. The monoisotopic (exact) mass is 276 g/mol. The molecule has 0 spiro atoms. The molecule has 2 fully saturated rings. The van der Waals surface area contributed by atoms with E-state index in [0.29, 0.717) is 18.5 Å². The van der Waals surface area contributed by atoms with Crippen LogP contribution in [0.3, 0.4) is 0 Å². The molecule has 5 nitrogen and oxygen atoms in total. The largest absolute Gasteiger partial charge is 0.478 e. The second-order valence-electron chi connectivity index (χ2n) is 5.74. The van der Waals surface area contributed by atoms with E-state index in [1.165, 1.54) is 25.8 Å². The molecule has 2 saturated heterocycles. The van der Waals surface area contributed by atoms with Crippen molar-refractivity contribution in [2.75, 3.05) is 31.1 Å². The van der Waals surface area contributed by atoms with E-state index in [1.54, 1.807) is 6.20 Å². The molecule has 2 unspecified atom stereocenters. The number of nitrogens with zero attached hydrogens (tertiary/aromatic N) is 3. The molecule has 20 heavy (non-hydrogen) atoms. The van der Waals surface area contributed by atoms with Gasteiger partial charge in [-0.2, -0.15) is 4.98 Å². The van der Waals surface area contributed by atoms with E-state index in [4.69, 9.17) is 4.74 Å². The summed E-state index contributed by atoms with van der Waals surface area (Å²) in [6.45, 7) is 6.09. The Morgan fingerprint density at radius 3 is 3.30 bits per heavy atom. The van der Waals surface area contributed by atoms with Gasteiger partial charge in [0.1, 0.15) is 0 Å². The van der Waals surface area contributed by atoms with Gasteiger partial charge in [-0.25, -0.2) is 4.98 Å². The van der Waals surface area contributed by atoms with Crippen molar-refractivity contribution in [3.8, 4) is 5.88 Å². The molecule has 0 amide bonds. The van der Waals surface area contributed by atoms with E-state index in [0.717, 1.165) is 31.4 Å². The first-order valence-corrected chi connectivity index (χ1v) is 7.81. The van der Waals surface area contributed by atoms with Crippen molar-refractivity contribution < 1.29 is 4.74 Å². The van der Waals surface area contributed by atoms with Gasteiger partial charge < -0.3 is 15.0 Å². The first kappa shape index (κ1) is 13.6. The van der Waals surface area contributed by atoms with Gasteiger partial charge in [0.2, 0.25) is 11.8 Å². The first-order chi connectivity index (χ1) is 9.86. The Labute approximate surface area is 120 Å². The summed E-state index contributed by atoms with van der Waals surface area (Å²) in [6.07, 6.45) is 6.60. The van der Waals surface area contributed by atoms with Crippen LogP contribution in [0.5, 0.6) is 5.88 Å². The second kappa shape index (κ2) is 6.39. The highest BCUT2D eigenvalue weighted by Gasteiger charge is 2.31. The van der Waals surface area contributed by atoms with Crippen molar-refractivity contribution in [3.05, 3.63) is 12.3 Å². The minimum atomic E-state index is 0.694. The van der Waals surface area contributed by atoms with E-state index < -0.39 is 0 Å². The number of hydrogen-bond acceptors (Lipinski definition) is 5. The summed E-state index contributed by atoms with van der Waals surface area (Å²) < 4.78 is 5.60. The highest BCUT2D eigenvalue weighted by Crippen LogP contribution is 2.27. The molecule has 1 aromatic rings. The van der Waals surface area contributed by atoms with Crippen molar-refractivity contribution in [2.45, 2.75) is 38.6 Å². The molecule has 0 aliphatic carbocycles. The number of rotatable bonds is 4. The molecule has 110 valence electrons. The average molecular weight is 276 g/mol. The standard InChI is InChI=1S/C15H24N4O/c1-2-10-20-14-5-8-17-15(18-14)19-9-6-13-12(11-19)4-3-7-16-13/h5,8,12-13,16H,2-4,6-7,9-11H2,1H3. The highest BCUT2D eigenvalue weighted by molar-refractivity contribution is 5.33. The molecule has 5 heteroatoms. The summed E-state index contributed by atoms with van der Waals surface area (Å²) in [5.74, 6) is 2.25. The van der Waals surface area contributed by atoms with Crippen molar-refractivity contribution in [2.24, 2.45) is 5.92 Å². The lowest BCUT2D eigenvalue weighted by Gasteiger charge is -2.41. The predicted molar refractivity (Wildman–Crippen MR) is 79.2 cm³/mol. The molecule has 2 aliphatic heterocycles. The maximum absolute atomic E-state index is 5.60. The van der Waals surface area contributed by atoms with Crippen LogP contribution < -0.4 is 15.0 Å². The zero-order chi connectivity index (χ0) is 13.8. The third-order valence-electron chi connectivity index (χ3n) is 4.25. The summed E-state index contributed by atoms with van der Waals surface area (Å²) in [5, 5.41) is 3.64. The van der Waals surface area contributed by atoms with Crippen LogP contribution in [0.15, 0.2) is 12.3 Å². The Hall–Kier alpha value is -1.36. The topological polar surface area (TPSA) is 50.3 Å². The van der Waals surface area contributed by atoms with Crippen LogP contribution in [0.4, 0.5) is 5.95 Å². The van der Waals surface area contributed by atoms with Gasteiger partial charge in [-0.1, -0.05) is 6.92 Å². The Balaban J connectivity index is 1.66. The van der Waals surface area contributed by atoms with E-state index in [1.807, 2.05) is 6.07 Å². The van der Waals surface area contributed by atoms with E-state index >= 15 is 0 Å². The fourth-order valence-electron chi connectivity index (χ4n) is 3.20. The predicted octanol–water partition coefficient (Wildman–Crippen LogP) is 1.84. The van der Waals surface area contributed by atoms with Crippen LogP contribution in [0.25, 0.3) is 0 Å². The number of aromatic nitrogens is 2. The molecular weight excluding hydrogens is 252 g/mol. The van der Waals surface area contributed by atoms with Gasteiger partial charge in [0.25, 0.3) is 0 Å². The molecule has 1 N–H and O–H groups in total. The summed E-state index contributed by atoms with van der Waals surface area (Å²) in [5.41, 5.74) is 0. The maximum atomic E-state index is 5.60. The second-order valence-corrected chi connectivity index (χ2v) is 5.74.